The van der Waals surface area contributed by atoms with Gasteiger partial charge in [-0.05, 0) is 55.3 Å². The Bertz CT molecular complexity index is 1010. The smallest absolute Gasteiger partial charge is 0.251 e. The van der Waals surface area contributed by atoms with E-state index in [-0.39, 0.29) is 5.91 Å². The van der Waals surface area contributed by atoms with E-state index in [2.05, 4.69) is 57.0 Å². The van der Waals surface area contributed by atoms with E-state index in [9.17, 15) is 4.79 Å². The van der Waals surface area contributed by atoms with Crippen LogP contribution in [0.2, 0.25) is 0 Å². The molecule has 0 spiro atoms. The van der Waals surface area contributed by atoms with Gasteiger partial charge in [0.1, 0.15) is 0 Å². The molecule has 0 unspecified atom stereocenters. The lowest BCUT2D eigenvalue weighted by molar-refractivity contribution is 0.0948. The molecule has 7 heteroatoms. The first kappa shape index (κ1) is 20.3. The number of thiazole rings is 1. The molecule has 1 amide bonds. The summed E-state index contributed by atoms with van der Waals surface area (Å²) in [6, 6.07) is 11.8. The van der Waals surface area contributed by atoms with Crippen molar-refractivity contribution in [3.05, 3.63) is 57.6 Å². The van der Waals surface area contributed by atoms with Crippen molar-refractivity contribution in [1.29, 1.82) is 0 Å². The molecule has 1 aliphatic heterocycles. The van der Waals surface area contributed by atoms with Crippen LogP contribution in [0, 0.1) is 13.8 Å². The molecule has 0 saturated carbocycles. The number of rotatable bonds is 5. The second kappa shape index (κ2) is 8.81. The molecular formula is C22H25BrN4OS. The normalized spacial score (nSPS) is 15.1. The minimum absolute atomic E-state index is 0.0173. The highest BCUT2D eigenvalue weighted by atomic mass is 79.9. The SMILES string of the molecule is Cc1ccc2sc(N3CCN(CCNC(=O)c4ccc(Br)cc4)CC3)nc2c1C. The summed E-state index contributed by atoms with van der Waals surface area (Å²) in [6.45, 7) is 9.74. The summed E-state index contributed by atoms with van der Waals surface area (Å²) in [5.41, 5.74) is 4.41. The number of hydrogen-bond acceptors (Lipinski definition) is 5. The zero-order chi connectivity index (χ0) is 20.4. The van der Waals surface area contributed by atoms with Gasteiger partial charge in [0.05, 0.1) is 10.2 Å². The third-order valence-corrected chi connectivity index (χ3v) is 7.15. The lowest BCUT2D eigenvalue weighted by Gasteiger charge is -2.34. The highest BCUT2D eigenvalue weighted by molar-refractivity contribution is 9.10. The lowest BCUT2D eigenvalue weighted by Crippen LogP contribution is -2.48. The van der Waals surface area contributed by atoms with Crippen LogP contribution in [0.1, 0.15) is 21.5 Å². The number of hydrogen-bond donors (Lipinski definition) is 1. The Hall–Kier alpha value is -1.96. The molecule has 1 saturated heterocycles. The number of piperazine rings is 1. The first-order valence-electron chi connectivity index (χ1n) is 9.89. The maximum absolute atomic E-state index is 12.2. The fraction of sp³-hybridized carbons (Fsp3) is 0.364. The minimum atomic E-state index is -0.0173. The maximum Gasteiger partial charge on any atom is 0.251 e. The molecule has 4 rings (SSSR count). The lowest BCUT2D eigenvalue weighted by atomic mass is 10.1. The maximum atomic E-state index is 12.2. The van der Waals surface area contributed by atoms with Gasteiger partial charge < -0.3 is 10.2 Å². The Balaban J connectivity index is 1.27. The molecule has 152 valence electrons. The van der Waals surface area contributed by atoms with Crippen LogP contribution in [0.15, 0.2) is 40.9 Å². The predicted octanol–water partition coefficient (Wildman–Crippen LogP) is 4.23. The third-order valence-electron chi connectivity index (χ3n) is 5.54. The number of fused-ring (bicyclic) bond motifs is 1. The molecule has 2 aromatic carbocycles. The largest absolute Gasteiger partial charge is 0.351 e. The Morgan fingerprint density at radius 1 is 1.10 bits per heavy atom. The van der Waals surface area contributed by atoms with Crippen LogP contribution in [0.25, 0.3) is 10.2 Å². The van der Waals surface area contributed by atoms with Crippen molar-refractivity contribution < 1.29 is 4.79 Å². The van der Waals surface area contributed by atoms with Gasteiger partial charge >= 0.3 is 0 Å². The van der Waals surface area contributed by atoms with Crippen LogP contribution >= 0.6 is 27.3 Å². The average Bonchev–Trinajstić information content (AvgIpc) is 3.17. The van der Waals surface area contributed by atoms with Gasteiger partial charge in [-0.15, -0.1) is 0 Å². The number of anilines is 1. The van der Waals surface area contributed by atoms with Crippen molar-refractivity contribution in [2.24, 2.45) is 0 Å². The predicted molar refractivity (Wildman–Crippen MR) is 124 cm³/mol. The molecule has 1 fully saturated rings. The van der Waals surface area contributed by atoms with Gasteiger partial charge in [-0.2, -0.15) is 0 Å². The fourth-order valence-electron chi connectivity index (χ4n) is 3.54. The van der Waals surface area contributed by atoms with Crippen LogP contribution in [0.4, 0.5) is 5.13 Å². The minimum Gasteiger partial charge on any atom is -0.351 e. The first-order chi connectivity index (χ1) is 14.0. The molecule has 0 atom stereocenters. The quantitative estimate of drug-likeness (QED) is 0.603. The van der Waals surface area contributed by atoms with Crippen LogP contribution in [0.3, 0.4) is 0 Å². The second-order valence-corrected chi connectivity index (χ2v) is 9.37. The van der Waals surface area contributed by atoms with E-state index < -0.39 is 0 Å². The van der Waals surface area contributed by atoms with Gasteiger partial charge in [-0.25, -0.2) is 4.98 Å². The summed E-state index contributed by atoms with van der Waals surface area (Å²) in [7, 11) is 0. The summed E-state index contributed by atoms with van der Waals surface area (Å²) >= 11 is 5.18. The number of nitrogens with zero attached hydrogens (tertiary/aromatic N) is 3. The molecule has 1 aliphatic rings. The van der Waals surface area contributed by atoms with E-state index in [1.165, 1.54) is 15.8 Å². The highest BCUT2D eigenvalue weighted by Gasteiger charge is 2.20. The van der Waals surface area contributed by atoms with E-state index in [4.69, 9.17) is 4.98 Å². The standard InChI is InChI=1S/C22H25BrN4OS/c1-15-3-8-19-20(16(15)2)25-22(29-19)27-13-11-26(12-14-27)10-9-24-21(28)17-4-6-18(23)7-5-17/h3-8H,9-14H2,1-2H3,(H,24,28). The highest BCUT2D eigenvalue weighted by Crippen LogP contribution is 2.32. The average molecular weight is 473 g/mol. The van der Waals surface area contributed by atoms with Crippen molar-refractivity contribution in [1.82, 2.24) is 15.2 Å². The zero-order valence-corrected chi connectivity index (χ0v) is 19.1. The Morgan fingerprint density at radius 3 is 2.55 bits per heavy atom. The topological polar surface area (TPSA) is 48.5 Å². The summed E-state index contributed by atoms with van der Waals surface area (Å²) in [5, 5.41) is 4.14. The van der Waals surface area contributed by atoms with Gasteiger partial charge in [0.25, 0.3) is 5.91 Å². The van der Waals surface area contributed by atoms with Gasteiger partial charge in [-0.3, -0.25) is 9.69 Å². The number of carbonyl (C=O) groups is 1. The molecule has 5 nitrogen and oxygen atoms in total. The fourth-order valence-corrected chi connectivity index (χ4v) is 4.88. The number of benzene rings is 2. The Kier molecular flexibility index (Phi) is 6.18. The molecule has 0 radical (unpaired) electrons. The number of aromatic nitrogens is 1. The number of amides is 1. The number of nitrogens with one attached hydrogen (secondary N) is 1. The Labute approximate surface area is 183 Å². The van der Waals surface area contributed by atoms with Crippen molar-refractivity contribution in [2.75, 3.05) is 44.2 Å². The molecule has 0 aliphatic carbocycles. The molecule has 1 aromatic heterocycles. The molecule has 2 heterocycles. The monoisotopic (exact) mass is 472 g/mol. The number of halogens is 1. The molecule has 0 bridgehead atoms. The van der Waals surface area contributed by atoms with Crippen molar-refractivity contribution in [3.63, 3.8) is 0 Å². The van der Waals surface area contributed by atoms with Crippen molar-refractivity contribution >= 4 is 48.5 Å². The van der Waals surface area contributed by atoms with Gasteiger partial charge in [-0.1, -0.05) is 33.3 Å². The summed E-state index contributed by atoms with van der Waals surface area (Å²) in [6.07, 6.45) is 0. The molecule has 29 heavy (non-hydrogen) atoms. The molecule has 3 aromatic rings. The first-order valence-corrected chi connectivity index (χ1v) is 11.5. The van der Waals surface area contributed by atoms with Crippen LogP contribution in [-0.2, 0) is 0 Å². The zero-order valence-electron chi connectivity index (χ0n) is 16.7. The number of carbonyl (C=O) groups excluding carboxylic acids is 1. The van der Waals surface area contributed by atoms with E-state index >= 15 is 0 Å². The van der Waals surface area contributed by atoms with Gasteiger partial charge in [0.15, 0.2) is 5.13 Å². The van der Waals surface area contributed by atoms with Crippen LogP contribution < -0.4 is 10.2 Å². The summed E-state index contributed by atoms with van der Waals surface area (Å²) in [4.78, 5) is 21.9. The number of aryl methyl sites for hydroxylation is 2. The third kappa shape index (κ3) is 4.63. The Morgan fingerprint density at radius 2 is 1.83 bits per heavy atom. The summed E-state index contributed by atoms with van der Waals surface area (Å²) < 4.78 is 2.24. The molecular weight excluding hydrogens is 448 g/mol. The van der Waals surface area contributed by atoms with Gasteiger partial charge in [0.2, 0.25) is 0 Å². The second-order valence-electron chi connectivity index (χ2n) is 7.44. The van der Waals surface area contributed by atoms with Crippen molar-refractivity contribution in [3.8, 4) is 0 Å². The van der Waals surface area contributed by atoms with E-state index in [0.29, 0.717) is 12.1 Å². The van der Waals surface area contributed by atoms with Crippen molar-refractivity contribution in [2.45, 2.75) is 13.8 Å². The van der Waals surface area contributed by atoms with E-state index in [1.54, 1.807) is 11.3 Å². The van der Waals surface area contributed by atoms with Crippen LogP contribution in [-0.4, -0.2) is 55.1 Å². The van der Waals surface area contributed by atoms with Gasteiger partial charge in [0, 0.05) is 49.3 Å². The molecule has 1 N–H and O–H groups in total. The van der Waals surface area contributed by atoms with E-state index in [0.717, 1.165) is 47.8 Å². The van der Waals surface area contributed by atoms with E-state index in [1.807, 2.05) is 24.3 Å². The van der Waals surface area contributed by atoms with Crippen LogP contribution in [0.5, 0.6) is 0 Å². The summed E-state index contributed by atoms with van der Waals surface area (Å²) in [5.74, 6) is -0.0173.